The molecule has 1 heterocycles. The molecule has 1 unspecified atom stereocenters. The van der Waals surface area contributed by atoms with E-state index in [1.165, 1.54) is 0 Å². The summed E-state index contributed by atoms with van der Waals surface area (Å²) in [7, 11) is -3.04. The smallest absolute Gasteiger partial charge is 0.178 e. The molecule has 15 heavy (non-hydrogen) atoms. The van der Waals surface area contributed by atoms with Gasteiger partial charge in [0.1, 0.15) is 0 Å². The first-order valence-corrected chi connectivity index (χ1v) is 6.32. The highest BCUT2D eigenvalue weighted by atomic mass is 35.5. The summed E-state index contributed by atoms with van der Waals surface area (Å²) < 4.78 is 23.4. The fraction of sp³-hybridized carbons (Fsp3) is 0.400. The van der Waals surface area contributed by atoms with Gasteiger partial charge in [-0.1, -0.05) is 18.2 Å². The number of rotatable bonds is 1. The van der Waals surface area contributed by atoms with Gasteiger partial charge < -0.3 is 5.73 Å². The molecule has 0 fully saturated rings. The first-order chi connectivity index (χ1) is 6.65. The minimum atomic E-state index is -3.04. The standard InChI is InChI=1S/C10H13NO2S.ClH/c11-7-8-5-6-14(12,13)10-4-2-1-3-9(8)10;/h1-4,8H,5-7,11H2;1H. The lowest BCUT2D eigenvalue weighted by molar-refractivity contribution is 0.566. The Bertz CT molecular complexity index is 444. The third kappa shape index (κ3) is 2.17. The lowest BCUT2D eigenvalue weighted by Gasteiger charge is -2.23. The van der Waals surface area contributed by atoms with Crippen LogP contribution in [0.2, 0.25) is 0 Å². The lowest BCUT2D eigenvalue weighted by Crippen LogP contribution is -2.24. The number of hydrogen-bond acceptors (Lipinski definition) is 3. The van der Waals surface area contributed by atoms with Gasteiger partial charge in [-0.05, 0) is 30.5 Å². The number of nitrogens with two attached hydrogens (primary N) is 1. The van der Waals surface area contributed by atoms with Crippen LogP contribution in [0.25, 0.3) is 0 Å². The van der Waals surface area contributed by atoms with Crippen LogP contribution in [-0.2, 0) is 9.84 Å². The molecular formula is C10H14ClNO2S. The summed E-state index contributed by atoms with van der Waals surface area (Å²) in [6.45, 7) is 0.520. The quantitative estimate of drug-likeness (QED) is 0.815. The van der Waals surface area contributed by atoms with Crippen molar-refractivity contribution < 1.29 is 8.42 Å². The van der Waals surface area contributed by atoms with Gasteiger partial charge >= 0.3 is 0 Å². The summed E-state index contributed by atoms with van der Waals surface area (Å²) in [6.07, 6.45) is 0.649. The zero-order valence-corrected chi connectivity index (χ0v) is 9.85. The third-order valence-corrected chi connectivity index (χ3v) is 4.53. The van der Waals surface area contributed by atoms with Gasteiger partial charge in [-0.25, -0.2) is 8.42 Å². The van der Waals surface area contributed by atoms with Crippen LogP contribution in [0.1, 0.15) is 17.9 Å². The van der Waals surface area contributed by atoms with Crippen molar-refractivity contribution in [2.75, 3.05) is 12.3 Å². The van der Waals surface area contributed by atoms with E-state index in [9.17, 15) is 8.42 Å². The molecule has 0 radical (unpaired) electrons. The van der Waals surface area contributed by atoms with E-state index in [-0.39, 0.29) is 24.1 Å². The van der Waals surface area contributed by atoms with E-state index in [2.05, 4.69) is 0 Å². The van der Waals surface area contributed by atoms with Gasteiger partial charge in [0.2, 0.25) is 0 Å². The topological polar surface area (TPSA) is 60.2 Å². The summed E-state index contributed by atoms with van der Waals surface area (Å²) in [6, 6.07) is 7.16. The van der Waals surface area contributed by atoms with Gasteiger partial charge in [0, 0.05) is 0 Å². The van der Waals surface area contributed by atoms with E-state index in [4.69, 9.17) is 5.73 Å². The van der Waals surface area contributed by atoms with Crippen molar-refractivity contribution in [3.63, 3.8) is 0 Å². The molecule has 1 aromatic rings. The van der Waals surface area contributed by atoms with Crippen molar-refractivity contribution in [2.45, 2.75) is 17.2 Å². The molecule has 2 rings (SSSR count). The van der Waals surface area contributed by atoms with Crippen LogP contribution in [0.4, 0.5) is 0 Å². The highest BCUT2D eigenvalue weighted by Crippen LogP contribution is 2.32. The average Bonchev–Trinajstić information content (AvgIpc) is 2.18. The summed E-state index contributed by atoms with van der Waals surface area (Å²) >= 11 is 0. The molecule has 1 aromatic carbocycles. The fourth-order valence-corrected chi connectivity index (χ4v) is 3.60. The van der Waals surface area contributed by atoms with Crippen LogP contribution in [0.15, 0.2) is 29.2 Å². The van der Waals surface area contributed by atoms with E-state index in [0.717, 1.165) is 5.56 Å². The first-order valence-electron chi connectivity index (χ1n) is 4.67. The largest absolute Gasteiger partial charge is 0.330 e. The van der Waals surface area contributed by atoms with Gasteiger partial charge in [0.15, 0.2) is 9.84 Å². The number of fused-ring (bicyclic) bond motifs is 1. The zero-order valence-electron chi connectivity index (χ0n) is 8.22. The SMILES string of the molecule is Cl.NCC1CCS(=O)(=O)c2ccccc21. The minimum Gasteiger partial charge on any atom is -0.330 e. The number of hydrogen-bond donors (Lipinski definition) is 1. The predicted octanol–water partition coefficient (Wildman–Crippen LogP) is 1.33. The second-order valence-corrected chi connectivity index (χ2v) is 5.66. The second-order valence-electron chi connectivity index (χ2n) is 3.58. The van der Waals surface area contributed by atoms with Gasteiger partial charge in [-0.3, -0.25) is 0 Å². The van der Waals surface area contributed by atoms with Crippen LogP contribution >= 0.6 is 12.4 Å². The highest BCUT2D eigenvalue weighted by molar-refractivity contribution is 7.91. The Balaban J connectivity index is 0.00000112. The van der Waals surface area contributed by atoms with Gasteiger partial charge in [-0.15, -0.1) is 12.4 Å². The van der Waals surface area contributed by atoms with Crippen molar-refractivity contribution in [2.24, 2.45) is 5.73 Å². The molecule has 0 aromatic heterocycles. The summed E-state index contributed by atoms with van der Waals surface area (Å²) in [5.74, 6) is 0.432. The van der Waals surface area contributed by atoms with Crippen LogP contribution in [0.3, 0.4) is 0 Å². The molecule has 2 N–H and O–H groups in total. The Kier molecular flexibility index (Phi) is 3.76. The Morgan fingerprint density at radius 3 is 2.67 bits per heavy atom. The number of halogens is 1. The third-order valence-electron chi connectivity index (χ3n) is 2.71. The molecule has 0 spiro atoms. The first kappa shape index (κ1) is 12.5. The molecule has 0 saturated heterocycles. The molecule has 0 saturated carbocycles. The molecule has 0 bridgehead atoms. The van der Waals surface area contributed by atoms with Crippen molar-refractivity contribution >= 4 is 22.2 Å². The lowest BCUT2D eigenvalue weighted by atomic mass is 9.96. The van der Waals surface area contributed by atoms with Gasteiger partial charge in [0.05, 0.1) is 10.6 Å². The fourth-order valence-electron chi connectivity index (χ4n) is 1.91. The maximum atomic E-state index is 11.7. The van der Waals surface area contributed by atoms with Gasteiger partial charge in [0.25, 0.3) is 0 Å². The van der Waals surface area contributed by atoms with Crippen LogP contribution < -0.4 is 5.73 Å². The average molecular weight is 248 g/mol. The molecule has 0 aliphatic carbocycles. The highest BCUT2D eigenvalue weighted by Gasteiger charge is 2.28. The van der Waals surface area contributed by atoms with Crippen molar-refractivity contribution in [3.8, 4) is 0 Å². The normalized spacial score (nSPS) is 22.6. The molecule has 5 heteroatoms. The Morgan fingerprint density at radius 1 is 1.33 bits per heavy atom. The number of sulfone groups is 1. The molecule has 1 aliphatic heterocycles. The van der Waals surface area contributed by atoms with Crippen LogP contribution in [0, 0.1) is 0 Å². The maximum Gasteiger partial charge on any atom is 0.178 e. The summed E-state index contributed by atoms with van der Waals surface area (Å²) in [5.41, 5.74) is 6.50. The monoisotopic (exact) mass is 247 g/mol. The summed E-state index contributed by atoms with van der Waals surface area (Å²) in [4.78, 5) is 0.474. The van der Waals surface area contributed by atoms with Crippen molar-refractivity contribution in [1.82, 2.24) is 0 Å². The van der Waals surface area contributed by atoms with E-state index < -0.39 is 9.84 Å². The van der Waals surface area contributed by atoms with E-state index in [1.807, 2.05) is 12.1 Å². The molecular weight excluding hydrogens is 234 g/mol. The zero-order chi connectivity index (χ0) is 10.2. The Labute approximate surface area is 96.0 Å². The van der Waals surface area contributed by atoms with E-state index in [1.54, 1.807) is 12.1 Å². The molecule has 3 nitrogen and oxygen atoms in total. The Hall–Kier alpha value is -0.580. The maximum absolute atomic E-state index is 11.7. The predicted molar refractivity (Wildman–Crippen MR) is 62.2 cm³/mol. The van der Waals surface area contributed by atoms with Crippen LogP contribution in [-0.4, -0.2) is 20.7 Å². The van der Waals surface area contributed by atoms with Crippen LogP contribution in [0.5, 0.6) is 0 Å². The number of benzene rings is 1. The van der Waals surface area contributed by atoms with E-state index >= 15 is 0 Å². The molecule has 1 atom stereocenters. The van der Waals surface area contributed by atoms with Gasteiger partial charge in [-0.2, -0.15) is 0 Å². The Morgan fingerprint density at radius 2 is 2.00 bits per heavy atom. The second kappa shape index (κ2) is 4.51. The minimum absolute atomic E-state index is 0. The van der Waals surface area contributed by atoms with E-state index in [0.29, 0.717) is 17.9 Å². The van der Waals surface area contributed by atoms with Crippen molar-refractivity contribution in [1.29, 1.82) is 0 Å². The molecule has 1 aliphatic rings. The summed E-state index contributed by atoms with van der Waals surface area (Å²) in [5, 5.41) is 0. The molecule has 84 valence electrons. The molecule has 0 amide bonds. The van der Waals surface area contributed by atoms with Crippen molar-refractivity contribution in [3.05, 3.63) is 29.8 Å².